The van der Waals surface area contributed by atoms with Crippen LogP contribution in [-0.4, -0.2) is 28.2 Å². The first-order chi connectivity index (χ1) is 10.9. The molecule has 0 aliphatic rings. The van der Waals surface area contributed by atoms with Gasteiger partial charge in [-0.25, -0.2) is 0 Å². The lowest BCUT2D eigenvalue weighted by Crippen LogP contribution is -2.45. The largest absolute Gasteiger partial charge is 0.370 e. The topological polar surface area (TPSA) is 89.3 Å². The molecule has 3 N–H and O–H groups in total. The molecule has 0 saturated heterocycles. The van der Waals surface area contributed by atoms with Crippen LogP contribution in [0.4, 0.5) is 0 Å². The van der Waals surface area contributed by atoms with E-state index in [4.69, 9.17) is 10.3 Å². The Labute approximate surface area is 160 Å². The van der Waals surface area contributed by atoms with Gasteiger partial charge in [-0.3, -0.25) is 4.99 Å². The summed E-state index contributed by atoms with van der Waals surface area (Å²) in [6, 6.07) is 8.08. The Morgan fingerprint density at radius 3 is 2.46 bits per heavy atom. The maximum absolute atomic E-state index is 5.85. The molecule has 7 heteroatoms. The van der Waals surface area contributed by atoms with Gasteiger partial charge < -0.3 is 15.6 Å². The molecule has 1 aromatic heterocycles. The van der Waals surface area contributed by atoms with Crippen molar-refractivity contribution in [3.63, 3.8) is 0 Å². The van der Waals surface area contributed by atoms with Gasteiger partial charge in [-0.05, 0) is 44.9 Å². The fourth-order valence-corrected chi connectivity index (χ4v) is 2.06. The summed E-state index contributed by atoms with van der Waals surface area (Å²) in [4.78, 5) is 8.67. The fraction of sp³-hybridized carbons (Fsp3) is 0.471. The second-order valence-electron chi connectivity index (χ2n) is 6.46. The average molecular weight is 443 g/mol. The second-order valence-corrected chi connectivity index (χ2v) is 6.46. The number of guanidine groups is 1. The van der Waals surface area contributed by atoms with Crippen molar-refractivity contribution in [1.29, 1.82) is 0 Å². The van der Waals surface area contributed by atoms with E-state index in [0.29, 0.717) is 18.4 Å². The maximum atomic E-state index is 5.85. The zero-order valence-corrected chi connectivity index (χ0v) is 17.0. The van der Waals surface area contributed by atoms with E-state index < -0.39 is 0 Å². The molecule has 2 aromatic rings. The molecule has 0 atom stereocenters. The van der Waals surface area contributed by atoms with Crippen LogP contribution in [0.15, 0.2) is 33.8 Å². The van der Waals surface area contributed by atoms with E-state index in [0.717, 1.165) is 24.2 Å². The minimum atomic E-state index is -0.0728. The molecule has 0 saturated carbocycles. The van der Waals surface area contributed by atoms with E-state index >= 15 is 0 Å². The van der Waals surface area contributed by atoms with E-state index in [-0.39, 0.29) is 29.5 Å². The van der Waals surface area contributed by atoms with E-state index in [2.05, 4.69) is 41.2 Å². The van der Waals surface area contributed by atoms with Gasteiger partial charge in [0.15, 0.2) is 11.8 Å². The molecule has 132 valence electrons. The molecule has 0 fully saturated rings. The molecule has 0 amide bonds. The van der Waals surface area contributed by atoms with Crippen LogP contribution in [0.3, 0.4) is 0 Å². The summed E-state index contributed by atoms with van der Waals surface area (Å²) in [5.74, 6) is 1.76. The van der Waals surface area contributed by atoms with Crippen molar-refractivity contribution in [1.82, 2.24) is 15.5 Å². The lowest BCUT2D eigenvalue weighted by Gasteiger charge is -2.20. The van der Waals surface area contributed by atoms with Gasteiger partial charge in [0.25, 0.3) is 5.89 Å². The highest BCUT2D eigenvalue weighted by molar-refractivity contribution is 14.0. The van der Waals surface area contributed by atoms with Crippen LogP contribution in [-0.2, 0) is 12.8 Å². The Morgan fingerprint density at radius 2 is 1.92 bits per heavy atom. The van der Waals surface area contributed by atoms with Crippen LogP contribution in [0.25, 0.3) is 11.5 Å². The number of aromatic nitrogens is 2. The lowest BCUT2D eigenvalue weighted by atomic mass is 10.1. The Morgan fingerprint density at radius 1 is 1.25 bits per heavy atom. The molecule has 0 aliphatic heterocycles. The van der Waals surface area contributed by atoms with Gasteiger partial charge in [-0.15, -0.1) is 24.0 Å². The third-order valence-electron chi connectivity index (χ3n) is 3.17. The third-order valence-corrected chi connectivity index (χ3v) is 3.17. The number of nitrogens with two attached hydrogens (primary N) is 1. The highest BCUT2D eigenvalue weighted by Gasteiger charge is 2.09. The first kappa shape index (κ1) is 20.4. The molecular weight excluding hydrogens is 417 g/mol. The smallest absolute Gasteiger partial charge is 0.257 e. The summed E-state index contributed by atoms with van der Waals surface area (Å²) < 4.78 is 5.23. The Bertz CT molecular complexity index is 658. The Balaban J connectivity index is 0.00000288. The van der Waals surface area contributed by atoms with Gasteiger partial charge in [0.1, 0.15) is 0 Å². The fourth-order valence-electron chi connectivity index (χ4n) is 2.06. The van der Waals surface area contributed by atoms with E-state index in [1.54, 1.807) is 0 Å². The zero-order chi connectivity index (χ0) is 16.9. The molecule has 0 radical (unpaired) electrons. The molecule has 0 bridgehead atoms. The van der Waals surface area contributed by atoms with Crippen molar-refractivity contribution < 1.29 is 4.52 Å². The van der Waals surface area contributed by atoms with Crippen LogP contribution in [0.5, 0.6) is 0 Å². The average Bonchev–Trinajstić information content (AvgIpc) is 2.95. The number of hydrogen-bond donors (Lipinski definition) is 2. The first-order valence-electron chi connectivity index (χ1n) is 7.87. The molecule has 1 heterocycles. The second kappa shape index (κ2) is 9.00. The quantitative estimate of drug-likeness (QED) is 0.421. The van der Waals surface area contributed by atoms with Crippen LogP contribution in [0.1, 0.15) is 39.1 Å². The van der Waals surface area contributed by atoms with Crippen LogP contribution in [0, 0.1) is 0 Å². The molecule has 6 nitrogen and oxygen atoms in total. The SMILES string of the molecule is CCc1noc(-c2ccc(CCN=C(N)NC(C)(C)C)cc2)n1.I. The monoisotopic (exact) mass is 443 g/mol. The number of nitrogens with zero attached hydrogens (tertiary/aromatic N) is 3. The number of hydrogen-bond acceptors (Lipinski definition) is 4. The number of aryl methyl sites for hydroxylation is 1. The number of nitrogens with one attached hydrogen (secondary N) is 1. The normalized spacial score (nSPS) is 11.9. The Hall–Kier alpha value is -1.64. The van der Waals surface area contributed by atoms with E-state index in [9.17, 15) is 0 Å². The molecular formula is C17H26IN5O. The van der Waals surface area contributed by atoms with Crippen LogP contribution in [0.2, 0.25) is 0 Å². The summed E-state index contributed by atoms with van der Waals surface area (Å²) in [7, 11) is 0. The van der Waals surface area contributed by atoms with Gasteiger partial charge in [-0.2, -0.15) is 4.98 Å². The summed E-state index contributed by atoms with van der Waals surface area (Å²) in [6.07, 6.45) is 1.60. The molecule has 0 spiro atoms. The maximum Gasteiger partial charge on any atom is 0.257 e. The summed E-state index contributed by atoms with van der Waals surface area (Å²) in [5, 5.41) is 7.05. The van der Waals surface area contributed by atoms with Gasteiger partial charge in [0.05, 0.1) is 0 Å². The van der Waals surface area contributed by atoms with Crippen molar-refractivity contribution >= 4 is 29.9 Å². The summed E-state index contributed by atoms with van der Waals surface area (Å²) >= 11 is 0. The molecule has 2 rings (SSSR count). The van der Waals surface area contributed by atoms with Gasteiger partial charge in [0, 0.05) is 24.1 Å². The van der Waals surface area contributed by atoms with Crippen LogP contribution >= 0.6 is 24.0 Å². The van der Waals surface area contributed by atoms with Crippen molar-refractivity contribution in [2.24, 2.45) is 10.7 Å². The van der Waals surface area contributed by atoms with Crippen molar-refractivity contribution in [2.75, 3.05) is 6.54 Å². The predicted molar refractivity (Wildman–Crippen MR) is 108 cm³/mol. The number of rotatable bonds is 5. The predicted octanol–water partition coefficient (Wildman–Crippen LogP) is 3.16. The summed E-state index contributed by atoms with van der Waals surface area (Å²) in [5.41, 5.74) is 7.90. The highest BCUT2D eigenvalue weighted by atomic mass is 127. The van der Waals surface area contributed by atoms with Crippen molar-refractivity contribution in [3.05, 3.63) is 35.7 Å². The van der Waals surface area contributed by atoms with Crippen LogP contribution < -0.4 is 11.1 Å². The first-order valence-corrected chi connectivity index (χ1v) is 7.87. The molecule has 0 unspecified atom stereocenters. The molecule has 1 aromatic carbocycles. The highest BCUT2D eigenvalue weighted by Crippen LogP contribution is 2.18. The van der Waals surface area contributed by atoms with Gasteiger partial charge in [0.2, 0.25) is 0 Å². The van der Waals surface area contributed by atoms with E-state index in [1.165, 1.54) is 5.56 Å². The summed E-state index contributed by atoms with van der Waals surface area (Å²) in [6.45, 7) is 8.80. The Kier molecular flexibility index (Phi) is 7.65. The number of halogens is 1. The van der Waals surface area contributed by atoms with Crippen molar-refractivity contribution in [3.8, 4) is 11.5 Å². The third kappa shape index (κ3) is 6.46. The standard InChI is InChI=1S/C17H25N5O.HI/c1-5-14-20-15(23-22-14)13-8-6-12(7-9-13)10-11-19-16(18)21-17(2,3)4;/h6-9H,5,10-11H2,1-4H3,(H3,18,19,21);1H. The van der Waals surface area contributed by atoms with E-state index in [1.807, 2.05) is 31.2 Å². The number of aliphatic imine (C=N–C) groups is 1. The minimum absolute atomic E-state index is 0. The van der Waals surface area contributed by atoms with Crippen molar-refractivity contribution in [2.45, 2.75) is 46.1 Å². The van der Waals surface area contributed by atoms with Gasteiger partial charge >= 0.3 is 0 Å². The minimum Gasteiger partial charge on any atom is -0.370 e. The zero-order valence-electron chi connectivity index (χ0n) is 14.7. The number of benzene rings is 1. The lowest BCUT2D eigenvalue weighted by molar-refractivity contribution is 0.423. The molecule has 24 heavy (non-hydrogen) atoms. The molecule has 0 aliphatic carbocycles. The van der Waals surface area contributed by atoms with Gasteiger partial charge in [-0.1, -0.05) is 24.2 Å².